The largest absolute Gasteiger partial charge is 0.350 e. The molecule has 3 aromatic rings. The van der Waals surface area contributed by atoms with Crippen LogP contribution in [0.25, 0.3) is 22.5 Å². The molecule has 116 valence electrons. The fourth-order valence-electron chi connectivity index (χ4n) is 3.16. The number of nitrogens with zero attached hydrogens (tertiary/aromatic N) is 1. The highest BCUT2D eigenvalue weighted by Crippen LogP contribution is 2.29. The third kappa shape index (κ3) is 3.09. The van der Waals surface area contributed by atoms with Gasteiger partial charge in [0.25, 0.3) is 5.69 Å². The number of aryl methyl sites for hydroxylation is 4. The van der Waals surface area contributed by atoms with Gasteiger partial charge in [-0.25, -0.2) is 0 Å². The van der Waals surface area contributed by atoms with Crippen LogP contribution < -0.4 is 4.43 Å². The first kappa shape index (κ1) is 15.2. The second-order valence-corrected chi connectivity index (χ2v) is 6.26. The van der Waals surface area contributed by atoms with Crippen LogP contribution in [0.2, 0.25) is 0 Å². The van der Waals surface area contributed by atoms with Crippen LogP contribution in [0.5, 0.6) is 0 Å². The summed E-state index contributed by atoms with van der Waals surface area (Å²) in [5.41, 5.74) is 8.13. The molecule has 0 saturated heterocycles. The lowest BCUT2D eigenvalue weighted by molar-refractivity contribution is -0.482. The van der Waals surface area contributed by atoms with Gasteiger partial charge in [0, 0.05) is 10.5 Å². The Bertz CT molecular complexity index is 898. The quantitative estimate of drug-likeness (QED) is 0.696. The number of rotatable bonds is 2. The van der Waals surface area contributed by atoms with E-state index in [1.165, 1.54) is 17.3 Å². The average Bonchev–Trinajstić information content (AvgIpc) is 2.44. The molecule has 0 fully saturated rings. The zero-order valence-electron chi connectivity index (χ0n) is 14.0. The zero-order chi connectivity index (χ0) is 16.6. The molecule has 3 nitrogen and oxygen atoms in total. The minimum absolute atomic E-state index is 0.657. The van der Waals surface area contributed by atoms with Crippen LogP contribution in [0.1, 0.15) is 22.3 Å². The van der Waals surface area contributed by atoms with Crippen molar-refractivity contribution >= 4 is 0 Å². The Morgan fingerprint density at radius 1 is 0.739 bits per heavy atom. The molecule has 3 rings (SSSR count). The summed E-state index contributed by atoms with van der Waals surface area (Å²) < 4.78 is 0.942. The molecule has 1 aromatic heterocycles. The summed E-state index contributed by atoms with van der Waals surface area (Å²) >= 11 is 0. The van der Waals surface area contributed by atoms with Crippen LogP contribution >= 0.6 is 0 Å². The SMILES string of the molecule is Cc1cc(C)cc(-c2[nH]cc[n+](=O)c2-c2cc(C)cc(C)c2)c1. The maximum atomic E-state index is 12.5. The number of nitrogens with one attached hydrogen (secondary N) is 1. The normalized spacial score (nSPS) is 10.8. The highest BCUT2D eigenvalue weighted by Gasteiger charge is 2.20. The van der Waals surface area contributed by atoms with Crippen molar-refractivity contribution in [2.45, 2.75) is 27.7 Å². The van der Waals surface area contributed by atoms with Crippen molar-refractivity contribution in [3.05, 3.63) is 76.0 Å². The molecular formula is C20H21N2O+. The van der Waals surface area contributed by atoms with Crippen LogP contribution in [-0.2, 0) is 0 Å². The number of aromatic nitrogens is 2. The second kappa shape index (κ2) is 5.84. The molecule has 0 aliphatic rings. The number of aromatic amines is 1. The van der Waals surface area contributed by atoms with Crippen molar-refractivity contribution in [1.29, 1.82) is 0 Å². The molecule has 0 unspecified atom stereocenters. The van der Waals surface area contributed by atoms with Gasteiger partial charge in [0.1, 0.15) is 5.69 Å². The molecule has 0 bridgehead atoms. The van der Waals surface area contributed by atoms with E-state index in [4.69, 9.17) is 0 Å². The maximum Gasteiger partial charge on any atom is 0.293 e. The van der Waals surface area contributed by atoms with E-state index in [2.05, 4.69) is 69.1 Å². The standard InChI is InChI=1S/C20H21N2O/c1-13-7-14(2)10-17(9-13)19-20(22(23)6-5-21-19)18-11-15(3)8-16(4)12-18/h5-12H,1-4H3,(H,21,23)/q+1. The first-order valence-electron chi connectivity index (χ1n) is 7.75. The number of hydrogen-bond donors (Lipinski definition) is 1. The Balaban J connectivity index is 2.31. The van der Waals surface area contributed by atoms with E-state index in [9.17, 15) is 4.91 Å². The van der Waals surface area contributed by atoms with Crippen LogP contribution in [0.3, 0.4) is 0 Å². The van der Waals surface area contributed by atoms with Gasteiger partial charge < -0.3 is 4.98 Å². The molecule has 0 radical (unpaired) electrons. The summed E-state index contributed by atoms with van der Waals surface area (Å²) in [6.45, 7) is 8.24. The minimum Gasteiger partial charge on any atom is -0.350 e. The monoisotopic (exact) mass is 305 g/mol. The van der Waals surface area contributed by atoms with Crippen molar-refractivity contribution in [2.24, 2.45) is 0 Å². The summed E-state index contributed by atoms with van der Waals surface area (Å²) in [4.78, 5) is 15.8. The van der Waals surface area contributed by atoms with Gasteiger partial charge in [0.05, 0.1) is 16.2 Å². The minimum atomic E-state index is 0.657. The van der Waals surface area contributed by atoms with Gasteiger partial charge >= 0.3 is 0 Å². The van der Waals surface area contributed by atoms with Crippen molar-refractivity contribution in [2.75, 3.05) is 0 Å². The molecule has 1 heterocycles. The van der Waals surface area contributed by atoms with Gasteiger partial charge in [-0.1, -0.05) is 34.4 Å². The molecule has 3 heteroatoms. The molecule has 1 N–H and O–H groups in total. The molecule has 0 amide bonds. The Hall–Kier alpha value is -2.68. The Kier molecular flexibility index (Phi) is 3.87. The van der Waals surface area contributed by atoms with Crippen LogP contribution in [0, 0.1) is 32.6 Å². The summed E-state index contributed by atoms with van der Waals surface area (Å²) in [5, 5.41) is 0. The van der Waals surface area contributed by atoms with Gasteiger partial charge in [0.2, 0.25) is 6.20 Å². The van der Waals surface area contributed by atoms with E-state index >= 15 is 0 Å². The van der Waals surface area contributed by atoms with Gasteiger partial charge in [-0.3, -0.25) is 0 Å². The third-order valence-electron chi connectivity index (χ3n) is 3.90. The number of H-pyrrole nitrogens is 1. The first-order chi connectivity index (χ1) is 10.9. The van der Waals surface area contributed by atoms with E-state index in [1.807, 2.05) is 0 Å². The maximum absolute atomic E-state index is 12.5. The topological polar surface area (TPSA) is 38.8 Å². The molecule has 0 atom stereocenters. The molecular weight excluding hydrogens is 284 g/mol. The summed E-state index contributed by atoms with van der Waals surface area (Å²) in [7, 11) is 0. The lowest BCUT2D eigenvalue weighted by Crippen LogP contribution is -2.19. The molecule has 0 aliphatic heterocycles. The summed E-state index contributed by atoms with van der Waals surface area (Å²) in [6, 6.07) is 12.6. The first-order valence-corrected chi connectivity index (χ1v) is 7.75. The van der Waals surface area contributed by atoms with Crippen molar-refractivity contribution < 1.29 is 4.43 Å². The molecule has 0 aliphatic carbocycles. The van der Waals surface area contributed by atoms with Crippen molar-refractivity contribution in [3.8, 4) is 22.5 Å². The van der Waals surface area contributed by atoms with E-state index in [0.29, 0.717) is 5.69 Å². The van der Waals surface area contributed by atoms with E-state index in [-0.39, 0.29) is 0 Å². The van der Waals surface area contributed by atoms with E-state index < -0.39 is 0 Å². The van der Waals surface area contributed by atoms with Crippen molar-refractivity contribution in [1.82, 2.24) is 4.98 Å². The van der Waals surface area contributed by atoms with E-state index in [0.717, 1.165) is 32.4 Å². The average molecular weight is 305 g/mol. The summed E-state index contributed by atoms with van der Waals surface area (Å²) in [5.74, 6) is 0. The van der Waals surface area contributed by atoms with Crippen LogP contribution in [0.15, 0.2) is 48.8 Å². The summed E-state index contributed by atoms with van der Waals surface area (Å²) in [6.07, 6.45) is 3.20. The highest BCUT2D eigenvalue weighted by molar-refractivity contribution is 5.76. The van der Waals surface area contributed by atoms with Crippen LogP contribution in [0.4, 0.5) is 0 Å². The second-order valence-electron chi connectivity index (χ2n) is 6.26. The van der Waals surface area contributed by atoms with Gasteiger partial charge in [-0.15, -0.1) is 0 Å². The number of hydrogen-bond acceptors (Lipinski definition) is 1. The fourth-order valence-corrected chi connectivity index (χ4v) is 3.16. The van der Waals surface area contributed by atoms with E-state index in [1.54, 1.807) is 6.20 Å². The lowest BCUT2D eigenvalue weighted by atomic mass is 9.98. The molecule has 23 heavy (non-hydrogen) atoms. The predicted molar refractivity (Wildman–Crippen MR) is 94.0 cm³/mol. The van der Waals surface area contributed by atoms with Gasteiger partial charge in [-0.05, 0) is 52.0 Å². The fraction of sp³-hybridized carbons (Fsp3) is 0.200. The molecule has 0 saturated carbocycles. The van der Waals surface area contributed by atoms with Crippen LogP contribution in [-0.4, -0.2) is 4.98 Å². The number of benzene rings is 2. The predicted octanol–water partition coefficient (Wildman–Crippen LogP) is 4.50. The molecule has 0 spiro atoms. The van der Waals surface area contributed by atoms with Crippen molar-refractivity contribution in [3.63, 3.8) is 0 Å². The highest BCUT2D eigenvalue weighted by atomic mass is 16.3. The third-order valence-corrected chi connectivity index (χ3v) is 3.90. The Morgan fingerprint density at radius 2 is 1.22 bits per heavy atom. The van der Waals surface area contributed by atoms with Gasteiger partial charge in [-0.2, -0.15) is 0 Å². The Labute approximate surface area is 136 Å². The zero-order valence-corrected chi connectivity index (χ0v) is 14.0. The smallest absolute Gasteiger partial charge is 0.293 e. The Morgan fingerprint density at radius 3 is 1.74 bits per heavy atom. The molecule has 2 aromatic carbocycles. The van der Waals surface area contributed by atoms with Gasteiger partial charge in [0.15, 0.2) is 0 Å². The lowest BCUT2D eigenvalue weighted by Gasteiger charge is -2.07.